The number of amides is 1. The highest BCUT2D eigenvalue weighted by atomic mass is 32.2. The van der Waals surface area contributed by atoms with E-state index in [0.717, 1.165) is 21.8 Å². The number of nitrogens with one attached hydrogen (secondary N) is 1. The van der Waals surface area contributed by atoms with Gasteiger partial charge in [-0.15, -0.1) is 11.3 Å². The van der Waals surface area contributed by atoms with Gasteiger partial charge in [-0.1, -0.05) is 42.5 Å². The van der Waals surface area contributed by atoms with E-state index in [4.69, 9.17) is 0 Å². The lowest BCUT2D eigenvalue weighted by atomic mass is 10.0. The van der Waals surface area contributed by atoms with Gasteiger partial charge in [0.15, 0.2) is 9.84 Å². The zero-order valence-corrected chi connectivity index (χ0v) is 18.2. The van der Waals surface area contributed by atoms with Crippen LogP contribution in [0.1, 0.15) is 16.6 Å². The van der Waals surface area contributed by atoms with Crippen LogP contribution in [0.5, 0.6) is 0 Å². The lowest BCUT2D eigenvalue weighted by molar-refractivity contribution is -0.121. The summed E-state index contributed by atoms with van der Waals surface area (Å²) in [4.78, 5) is 19.6. The first-order valence-corrected chi connectivity index (χ1v) is 12.4. The van der Waals surface area contributed by atoms with E-state index in [1.165, 1.54) is 0 Å². The third kappa shape index (κ3) is 4.77. The first kappa shape index (κ1) is 20.7. The second-order valence-corrected chi connectivity index (χ2v) is 10.7. The molecule has 0 saturated carbocycles. The van der Waals surface area contributed by atoms with Gasteiger partial charge in [-0.05, 0) is 24.6 Å². The van der Waals surface area contributed by atoms with Crippen LogP contribution in [0, 0.1) is 6.92 Å². The molecule has 0 aliphatic carbocycles. The fourth-order valence-corrected chi connectivity index (χ4v) is 5.43. The number of anilines is 1. The summed E-state index contributed by atoms with van der Waals surface area (Å²) in [5, 5.41) is 6.02. The quantitative estimate of drug-likeness (QED) is 0.655. The number of hydrogen-bond acceptors (Lipinski definition) is 6. The number of aryl methyl sites for hydroxylation is 1. The number of nitrogens with zero attached hydrogens (tertiary/aromatic N) is 2. The second-order valence-electron chi connectivity index (χ2n) is 7.32. The van der Waals surface area contributed by atoms with Crippen molar-refractivity contribution in [2.24, 2.45) is 0 Å². The standard InChI is InChI=1S/C22H23N3O3S2/c1-16-23-20(15-29-16)17-7-9-19(10-8-17)24-22(26)21(18-5-3-2-4-6-18)25-11-13-30(27,28)14-12-25/h2-10,15,21H,11-14H2,1H3,(H,24,26). The van der Waals surface area contributed by atoms with Crippen molar-refractivity contribution in [2.45, 2.75) is 13.0 Å². The fraction of sp³-hybridized carbons (Fsp3) is 0.273. The Balaban J connectivity index is 1.53. The van der Waals surface area contributed by atoms with E-state index < -0.39 is 15.9 Å². The van der Waals surface area contributed by atoms with Crippen molar-refractivity contribution in [1.82, 2.24) is 9.88 Å². The Morgan fingerprint density at radius 3 is 2.33 bits per heavy atom. The van der Waals surface area contributed by atoms with Crippen LogP contribution < -0.4 is 5.32 Å². The lowest BCUT2D eigenvalue weighted by Gasteiger charge is -2.33. The molecule has 30 heavy (non-hydrogen) atoms. The molecule has 1 aliphatic rings. The van der Waals surface area contributed by atoms with Crippen molar-refractivity contribution in [1.29, 1.82) is 0 Å². The Hall–Kier alpha value is -2.55. The predicted octanol–water partition coefficient (Wildman–Crippen LogP) is 3.53. The maximum Gasteiger partial charge on any atom is 0.246 e. The van der Waals surface area contributed by atoms with Crippen LogP contribution >= 0.6 is 11.3 Å². The minimum Gasteiger partial charge on any atom is -0.324 e. The number of aromatic nitrogens is 1. The zero-order chi connectivity index (χ0) is 21.1. The Morgan fingerprint density at radius 1 is 1.07 bits per heavy atom. The van der Waals surface area contributed by atoms with Gasteiger partial charge in [0.25, 0.3) is 0 Å². The summed E-state index contributed by atoms with van der Waals surface area (Å²) in [6.45, 7) is 2.66. The topological polar surface area (TPSA) is 79.4 Å². The number of carbonyl (C=O) groups is 1. The van der Waals surface area contributed by atoms with Crippen molar-refractivity contribution >= 4 is 32.8 Å². The Labute approximate surface area is 180 Å². The van der Waals surface area contributed by atoms with Gasteiger partial charge in [-0.25, -0.2) is 13.4 Å². The van der Waals surface area contributed by atoms with Gasteiger partial charge in [-0.3, -0.25) is 9.69 Å². The highest BCUT2D eigenvalue weighted by Gasteiger charge is 2.32. The third-order valence-corrected chi connectivity index (χ3v) is 7.56. The maximum absolute atomic E-state index is 13.2. The summed E-state index contributed by atoms with van der Waals surface area (Å²) >= 11 is 1.60. The molecule has 2 heterocycles. The molecular weight excluding hydrogens is 418 g/mol. The maximum atomic E-state index is 13.2. The van der Waals surface area contributed by atoms with Crippen LogP contribution in [0.4, 0.5) is 5.69 Å². The van der Waals surface area contributed by atoms with Crippen LogP contribution in [0.25, 0.3) is 11.3 Å². The number of rotatable bonds is 5. The SMILES string of the molecule is Cc1nc(-c2ccc(NC(=O)C(c3ccccc3)N3CCS(=O)(=O)CC3)cc2)cs1. The summed E-state index contributed by atoms with van der Waals surface area (Å²) in [7, 11) is -3.02. The van der Waals surface area contributed by atoms with E-state index in [9.17, 15) is 13.2 Å². The van der Waals surface area contributed by atoms with Crippen LogP contribution in [0.15, 0.2) is 60.0 Å². The van der Waals surface area contributed by atoms with E-state index >= 15 is 0 Å². The molecule has 4 rings (SSSR count). The van der Waals surface area contributed by atoms with E-state index in [1.807, 2.05) is 71.8 Å². The first-order chi connectivity index (χ1) is 14.4. The summed E-state index contributed by atoms with van der Waals surface area (Å²) in [5.41, 5.74) is 3.47. The van der Waals surface area contributed by atoms with Crippen molar-refractivity contribution < 1.29 is 13.2 Å². The predicted molar refractivity (Wildman–Crippen MR) is 120 cm³/mol. The zero-order valence-electron chi connectivity index (χ0n) is 16.6. The largest absolute Gasteiger partial charge is 0.324 e. The highest BCUT2D eigenvalue weighted by Crippen LogP contribution is 2.26. The second kappa shape index (κ2) is 8.67. The highest BCUT2D eigenvalue weighted by molar-refractivity contribution is 7.91. The molecule has 1 unspecified atom stereocenters. The van der Waals surface area contributed by atoms with Crippen LogP contribution in [-0.4, -0.2) is 48.8 Å². The van der Waals surface area contributed by atoms with Crippen LogP contribution in [0.3, 0.4) is 0 Å². The molecule has 1 N–H and O–H groups in total. The van der Waals surface area contributed by atoms with Gasteiger partial charge in [0.2, 0.25) is 5.91 Å². The minimum atomic E-state index is -3.02. The Bertz CT molecular complexity index is 1110. The molecule has 2 aromatic carbocycles. The summed E-state index contributed by atoms with van der Waals surface area (Å²) in [5.74, 6) is -0.0192. The summed E-state index contributed by atoms with van der Waals surface area (Å²) < 4.78 is 23.7. The smallest absolute Gasteiger partial charge is 0.246 e. The molecule has 0 spiro atoms. The van der Waals surface area contributed by atoms with Crippen molar-refractivity contribution in [3.05, 3.63) is 70.5 Å². The molecule has 0 bridgehead atoms. The molecule has 1 atom stereocenters. The van der Waals surface area contributed by atoms with Gasteiger partial charge in [0.1, 0.15) is 6.04 Å². The van der Waals surface area contributed by atoms with E-state index in [2.05, 4.69) is 10.3 Å². The average molecular weight is 442 g/mol. The van der Waals surface area contributed by atoms with Crippen molar-refractivity contribution in [3.63, 3.8) is 0 Å². The monoisotopic (exact) mass is 441 g/mol. The molecule has 8 heteroatoms. The van der Waals surface area contributed by atoms with Gasteiger partial charge in [0, 0.05) is 29.7 Å². The Morgan fingerprint density at radius 2 is 1.73 bits per heavy atom. The van der Waals surface area contributed by atoms with Crippen LogP contribution in [0.2, 0.25) is 0 Å². The lowest BCUT2D eigenvalue weighted by Crippen LogP contribution is -2.46. The molecule has 1 saturated heterocycles. The number of carbonyl (C=O) groups excluding carboxylic acids is 1. The normalized spacial score (nSPS) is 17.4. The van der Waals surface area contributed by atoms with Gasteiger partial charge >= 0.3 is 0 Å². The number of hydrogen-bond donors (Lipinski definition) is 1. The molecule has 1 fully saturated rings. The molecule has 1 aromatic heterocycles. The number of benzene rings is 2. The number of sulfone groups is 1. The molecule has 3 aromatic rings. The van der Waals surface area contributed by atoms with Gasteiger partial charge in [0.05, 0.1) is 22.2 Å². The van der Waals surface area contributed by atoms with Gasteiger partial charge < -0.3 is 5.32 Å². The average Bonchev–Trinajstić information content (AvgIpc) is 3.17. The molecule has 156 valence electrons. The minimum absolute atomic E-state index is 0.0748. The first-order valence-electron chi connectivity index (χ1n) is 9.74. The van der Waals surface area contributed by atoms with E-state index in [-0.39, 0.29) is 17.4 Å². The summed E-state index contributed by atoms with van der Waals surface area (Å²) in [6.07, 6.45) is 0. The third-order valence-electron chi connectivity index (χ3n) is 5.18. The van der Waals surface area contributed by atoms with E-state index in [0.29, 0.717) is 18.8 Å². The molecule has 1 amide bonds. The van der Waals surface area contributed by atoms with E-state index in [1.54, 1.807) is 11.3 Å². The number of thiazole rings is 1. The molecule has 0 radical (unpaired) electrons. The molecular formula is C22H23N3O3S2. The van der Waals surface area contributed by atoms with Crippen LogP contribution in [-0.2, 0) is 14.6 Å². The van der Waals surface area contributed by atoms with Crippen molar-refractivity contribution in [3.8, 4) is 11.3 Å². The molecule has 1 aliphatic heterocycles. The Kier molecular flexibility index (Phi) is 5.99. The summed E-state index contributed by atoms with van der Waals surface area (Å²) in [6, 6.07) is 16.6. The van der Waals surface area contributed by atoms with Gasteiger partial charge in [-0.2, -0.15) is 0 Å². The fourth-order valence-electron chi connectivity index (χ4n) is 3.58. The molecule has 6 nitrogen and oxygen atoms in total. The van der Waals surface area contributed by atoms with Crippen molar-refractivity contribution in [2.75, 3.05) is 29.9 Å².